The fourth-order valence-corrected chi connectivity index (χ4v) is 2.17. The van der Waals surface area contributed by atoms with Gasteiger partial charge in [0.2, 0.25) is 5.91 Å². The Hall–Kier alpha value is -2.68. The molecule has 0 aliphatic carbocycles. The summed E-state index contributed by atoms with van der Waals surface area (Å²) in [5, 5.41) is 15.0. The zero-order valence-corrected chi connectivity index (χ0v) is 10.8. The summed E-state index contributed by atoms with van der Waals surface area (Å²) in [6.45, 7) is -0.413. The lowest BCUT2D eigenvalue weighted by Crippen LogP contribution is -2.32. The van der Waals surface area contributed by atoms with E-state index in [1.165, 1.54) is 11.4 Å². The van der Waals surface area contributed by atoms with E-state index < -0.39 is 29.5 Å². The molecule has 0 bridgehead atoms. The van der Waals surface area contributed by atoms with Crippen LogP contribution in [-0.2, 0) is 11.3 Å². The molecule has 0 radical (unpaired) electrons. The van der Waals surface area contributed by atoms with Gasteiger partial charge in [0.1, 0.15) is 11.4 Å². The highest BCUT2D eigenvalue weighted by atomic mass is 32.1. The SMILES string of the molecule is O=C(Cn1[nH]c(=O)ccc1=O)Nc1ccsc1C(=O)O. The van der Waals surface area contributed by atoms with Gasteiger partial charge in [-0.2, -0.15) is 0 Å². The number of hydrogen-bond donors (Lipinski definition) is 3. The number of aromatic carboxylic acids is 1. The molecule has 104 valence electrons. The van der Waals surface area contributed by atoms with Crippen LogP contribution in [0, 0.1) is 0 Å². The Morgan fingerprint density at radius 1 is 1.30 bits per heavy atom. The van der Waals surface area contributed by atoms with Crippen molar-refractivity contribution in [3.05, 3.63) is 49.2 Å². The summed E-state index contributed by atoms with van der Waals surface area (Å²) < 4.78 is 0.838. The molecule has 0 atom stereocenters. The third-order valence-electron chi connectivity index (χ3n) is 2.32. The van der Waals surface area contributed by atoms with Gasteiger partial charge in [0, 0.05) is 12.1 Å². The molecular formula is C11H9N3O5S. The van der Waals surface area contributed by atoms with Crippen LogP contribution < -0.4 is 16.4 Å². The third-order valence-corrected chi connectivity index (χ3v) is 3.23. The number of amides is 1. The molecule has 2 rings (SSSR count). The number of carboxylic acids is 1. The van der Waals surface area contributed by atoms with Crippen LogP contribution >= 0.6 is 11.3 Å². The number of anilines is 1. The van der Waals surface area contributed by atoms with E-state index in [0.717, 1.165) is 28.2 Å². The van der Waals surface area contributed by atoms with Crippen molar-refractivity contribution in [1.29, 1.82) is 0 Å². The van der Waals surface area contributed by atoms with E-state index in [1.807, 2.05) is 0 Å². The molecule has 2 aromatic rings. The van der Waals surface area contributed by atoms with Gasteiger partial charge in [-0.3, -0.25) is 19.5 Å². The second-order valence-electron chi connectivity index (χ2n) is 3.75. The van der Waals surface area contributed by atoms with Crippen LogP contribution in [-0.4, -0.2) is 26.8 Å². The Kier molecular flexibility index (Phi) is 3.80. The van der Waals surface area contributed by atoms with Gasteiger partial charge in [0.15, 0.2) is 0 Å². The summed E-state index contributed by atoms with van der Waals surface area (Å²) in [4.78, 5) is 45.1. The number of hydrogen-bond acceptors (Lipinski definition) is 5. The van der Waals surface area contributed by atoms with Crippen LogP contribution in [0.15, 0.2) is 33.2 Å². The Morgan fingerprint density at radius 3 is 2.75 bits per heavy atom. The molecule has 3 N–H and O–H groups in total. The number of carbonyl (C=O) groups is 2. The largest absolute Gasteiger partial charge is 0.477 e. The Morgan fingerprint density at radius 2 is 2.05 bits per heavy atom. The number of carbonyl (C=O) groups excluding carboxylic acids is 1. The molecule has 8 nitrogen and oxygen atoms in total. The number of aromatic amines is 1. The molecule has 0 aliphatic heterocycles. The lowest BCUT2D eigenvalue weighted by molar-refractivity contribution is -0.117. The first-order chi connectivity index (χ1) is 9.47. The van der Waals surface area contributed by atoms with Crippen LogP contribution in [0.2, 0.25) is 0 Å². The monoisotopic (exact) mass is 295 g/mol. The minimum Gasteiger partial charge on any atom is -0.477 e. The van der Waals surface area contributed by atoms with Crippen molar-refractivity contribution in [2.75, 3.05) is 5.32 Å². The number of nitrogens with zero attached hydrogens (tertiary/aromatic N) is 1. The predicted octanol–water partition coefficient (Wildman–Crippen LogP) is -0.0650. The minimum absolute atomic E-state index is 0.00717. The van der Waals surface area contributed by atoms with Gasteiger partial charge in [-0.05, 0) is 11.4 Å². The molecule has 1 amide bonds. The molecule has 2 heterocycles. The average molecular weight is 295 g/mol. The second-order valence-corrected chi connectivity index (χ2v) is 4.67. The quantitative estimate of drug-likeness (QED) is 0.729. The van der Waals surface area contributed by atoms with E-state index in [0.29, 0.717) is 0 Å². The molecule has 9 heteroatoms. The van der Waals surface area contributed by atoms with Crippen LogP contribution in [0.25, 0.3) is 0 Å². The normalized spacial score (nSPS) is 10.2. The molecule has 0 unspecified atom stereocenters. The van der Waals surface area contributed by atoms with Gasteiger partial charge in [-0.15, -0.1) is 11.3 Å². The smallest absolute Gasteiger partial charge is 0.348 e. The third kappa shape index (κ3) is 3.01. The fraction of sp³-hybridized carbons (Fsp3) is 0.0909. The van der Waals surface area contributed by atoms with E-state index in [4.69, 9.17) is 5.11 Å². The highest BCUT2D eigenvalue weighted by molar-refractivity contribution is 7.12. The fourth-order valence-electron chi connectivity index (χ4n) is 1.49. The minimum atomic E-state index is -1.15. The van der Waals surface area contributed by atoms with Crippen LogP contribution in [0.1, 0.15) is 9.67 Å². The number of thiophene rings is 1. The second kappa shape index (κ2) is 5.53. The van der Waals surface area contributed by atoms with E-state index >= 15 is 0 Å². The van der Waals surface area contributed by atoms with Crippen molar-refractivity contribution >= 4 is 28.9 Å². The summed E-state index contributed by atoms with van der Waals surface area (Å²) >= 11 is 0.971. The number of carboxylic acid groups (broad SMARTS) is 1. The van der Waals surface area contributed by atoms with Crippen molar-refractivity contribution in [3.8, 4) is 0 Å². The van der Waals surface area contributed by atoms with E-state index in [9.17, 15) is 19.2 Å². The number of nitrogens with one attached hydrogen (secondary N) is 2. The number of H-pyrrole nitrogens is 1. The summed E-state index contributed by atoms with van der Waals surface area (Å²) in [7, 11) is 0. The van der Waals surface area contributed by atoms with Crippen molar-refractivity contribution in [1.82, 2.24) is 9.78 Å². The first-order valence-electron chi connectivity index (χ1n) is 5.38. The van der Waals surface area contributed by atoms with Crippen LogP contribution in [0.3, 0.4) is 0 Å². The molecule has 0 saturated heterocycles. The highest BCUT2D eigenvalue weighted by Gasteiger charge is 2.14. The molecule has 2 aromatic heterocycles. The molecule has 0 saturated carbocycles. The maximum atomic E-state index is 11.7. The standard InChI is InChI=1S/C11H9N3O5S/c15-7-1-2-9(17)14(13-7)5-8(16)12-6-3-4-20-10(6)11(18)19/h1-4H,5H2,(H,12,16)(H,13,15)(H,18,19). The summed E-state index contributed by atoms with van der Waals surface area (Å²) in [5.74, 6) is -1.77. The van der Waals surface area contributed by atoms with Gasteiger partial charge in [0.25, 0.3) is 11.1 Å². The van der Waals surface area contributed by atoms with Crippen LogP contribution in [0.5, 0.6) is 0 Å². The molecule has 0 fully saturated rings. The summed E-state index contributed by atoms with van der Waals surface area (Å²) in [6, 6.07) is 3.54. The van der Waals surface area contributed by atoms with Gasteiger partial charge in [0.05, 0.1) is 5.69 Å². The lowest BCUT2D eigenvalue weighted by atomic mass is 10.4. The zero-order valence-electron chi connectivity index (χ0n) is 9.95. The summed E-state index contributed by atoms with van der Waals surface area (Å²) in [6.07, 6.45) is 0. The maximum Gasteiger partial charge on any atom is 0.348 e. The maximum absolute atomic E-state index is 11.7. The van der Waals surface area contributed by atoms with E-state index in [2.05, 4.69) is 10.4 Å². The molecule has 0 aliphatic rings. The zero-order chi connectivity index (χ0) is 14.7. The van der Waals surface area contributed by atoms with Gasteiger partial charge in [-0.1, -0.05) is 0 Å². The van der Waals surface area contributed by atoms with Crippen molar-refractivity contribution in [3.63, 3.8) is 0 Å². The molecule has 0 aromatic carbocycles. The molecular weight excluding hydrogens is 286 g/mol. The average Bonchev–Trinajstić information content (AvgIpc) is 2.82. The first-order valence-corrected chi connectivity index (χ1v) is 6.26. The van der Waals surface area contributed by atoms with E-state index in [1.54, 1.807) is 0 Å². The highest BCUT2D eigenvalue weighted by Crippen LogP contribution is 2.21. The van der Waals surface area contributed by atoms with Crippen molar-refractivity contribution in [2.45, 2.75) is 6.54 Å². The number of rotatable bonds is 4. The Labute approximate surface area is 115 Å². The lowest BCUT2D eigenvalue weighted by Gasteiger charge is -2.06. The van der Waals surface area contributed by atoms with Gasteiger partial charge >= 0.3 is 5.97 Å². The molecule has 0 spiro atoms. The van der Waals surface area contributed by atoms with Crippen molar-refractivity contribution < 1.29 is 14.7 Å². The van der Waals surface area contributed by atoms with E-state index in [-0.39, 0.29) is 10.6 Å². The Bertz CT molecular complexity index is 773. The first kappa shape index (κ1) is 13.7. The summed E-state index contributed by atoms with van der Waals surface area (Å²) in [5.41, 5.74) is -0.901. The molecule has 20 heavy (non-hydrogen) atoms. The topological polar surface area (TPSA) is 121 Å². The van der Waals surface area contributed by atoms with Crippen LogP contribution in [0.4, 0.5) is 5.69 Å². The predicted molar refractivity (Wildman–Crippen MR) is 71.2 cm³/mol. The Balaban J connectivity index is 2.15. The number of aromatic nitrogens is 2. The van der Waals surface area contributed by atoms with Gasteiger partial charge < -0.3 is 10.4 Å². The van der Waals surface area contributed by atoms with Gasteiger partial charge in [-0.25, -0.2) is 9.48 Å². The van der Waals surface area contributed by atoms with Crippen molar-refractivity contribution in [2.24, 2.45) is 0 Å².